The molecule has 42 heavy (non-hydrogen) atoms. The molecule has 11 heteroatoms. The lowest BCUT2D eigenvalue weighted by Gasteiger charge is -2.28. The molecule has 1 aliphatic rings. The molecule has 1 aliphatic heterocycles. The fourth-order valence-corrected chi connectivity index (χ4v) is 6.04. The summed E-state index contributed by atoms with van der Waals surface area (Å²) in [6.45, 7) is 6.72. The number of hydrogen-bond donors (Lipinski definition) is 4. The fourth-order valence-electron chi connectivity index (χ4n) is 4.90. The number of fused-ring (bicyclic) bond motifs is 1. The van der Waals surface area contributed by atoms with Gasteiger partial charge in [0, 0.05) is 42.1 Å². The van der Waals surface area contributed by atoms with Crippen molar-refractivity contribution >= 4 is 23.6 Å². The van der Waals surface area contributed by atoms with E-state index in [0.29, 0.717) is 25.5 Å². The van der Waals surface area contributed by atoms with Gasteiger partial charge >= 0.3 is 0 Å². The number of β-amino-alcohol motifs (C(OH)–C–C–N with tert-alkyl or cyclic N) is 1. The van der Waals surface area contributed by atoms with Crippen molar-refractivity contribution in [2.24, 2.45) is 0 Å². The van der Waals surface area contributed by atoms with Crippen LogP contribution in [-0.4, -0.2) is 66.0 Å². The normalized spacial score (nSPS) is 16.0. The molecule has 0 saturated carbocycles. The number of thioether (sulfide) groups is 1. The van der Waals surface area contributed by atoms with Crippen molar-refractivity contribution in [1.29, 1.82) is 0 Å². The molecule has 0 radical (unpaired) electrons. The summed E-state index contributed by atoms with van der Waals surface area (Å²) in [7, 11) is 0. The molecule has 0 spiro atoms. The van der Waals surface area contributed by atoms with E-state index in [9.17, 15) is 14.7 Å². The van der Waals surface area contributed by atoms with Gasteiger partial charge in [0.15, 0.2) is 5.37 Å². The zero-order chi connectivity index (χ0) is 29.7. The Kier molecular flexibility index (Phi) is 9.00. The highest BCUT2D eigenvalue weighted by Gasteiger charge is 2.33. The molecule has 0 saturated heterocycles. The van der Waals surface area contributed by atoms with Gasteiger partial charge in [-0.3, -0.25) is 9.59 Å². The van der Waals surface area contributed by atoms with Gasteiger partial charge in [-0.05, 0) is 54.3 Å². The Morgan fingerprint density at radius 3 is 2.52 bits per heavy atom. The lowest BCUT2D eigenvalue weighted by atomic mass is 9.98. The summed E-state index contributed by atoms with van der Waals surface area (Å²) < 4.78 is 0. The van der Waals surface area contributed by atoms with Crippen molar-refractivity contribution in [3.63, 3.8) is 0 Å². The molecule has 4 aromatic rings. The third-order valence-corrected chi connectivity index (χ3v) is 8.24. The lowest BCUT2D eigenvalue weighted by molar-refractivity contribution is -0.135. The molecule has 2 amide bonds. The first-order chi connectivity index (χ1) is 20.2. The van der Waals surface area contributed by atoms with E-state index in [2.05, 4.69) is 31.3 Å². The van der Waals surface area contributed by atoms with E-state index < -0.39 is 17.0 Å². The molecule has 2 atom stereocenters. The van der Waals surface area contributed by atoms with Crippen LogP contribution in [0.15, 0.2) is 77.7 Å². The Morgan fingerprint density at radius 2 is 1.81 bits per heavy atom. The first-order valence-corrected chi connectivity index (χ1v) is 14.7. The highest BCUT2D eigenvalue weighted by molar-refractivity contribution is 8.00. The van der Waals surface area contributed by atoms with Gasteiger partial charge in [0.05, 0.1) is 6.10 Å². The summed E-state index contributed by atoms with van der Waals surface area (Å²) in [5, 5.41) is 29.5. The maximum absolute atomic E-state index is 13.8. The van der Waals surface area contributed by atoms with Gasteiger partial charge < -0.3 is 20.6 Å². The van der Waals surface area contributed by atoms with Gasteiger partial charge in [0.1, 0.15) is 0 Å². The number of aliphatic hydroxyl groups is 1. The molecule has 0 fully saturated rings. The Bertz CT molecular complexity index is 1520. The van der Waals surface area contributed by atoms with Crippen LogP contribution >= 0.6 is 11.8 Å². The number of aliphatic hydroxyl groups excluding tert-OH is 1. The van der Waals surface area contributed by atoms with Crippen molar-refractivity contribution in [2.45, 2.75) is 62.2 Å². The average Bonchev–Trinajstić information content (AvgIpc) is 3.47. The maximum Gasteiger partial charge on any atom is 0.256 e. The second-order valence-electron chi connectivity index (χ2n) is 11.1. The van der Waals surface area contributed by atoms with Crippen LogP contribution in [0.25, 0.3) is 22.5 Å². The Balaban J connectivity index is 1.33. The van der Waals surface area contributed by atoms with Crippen molar-refractivity contribution in [3.05, 3.63) is 83.9 Å². The zero-order valence-corrected chi connectivity index (χ0v) is 24.7. The summed E-state index contributed by atoms with van der Waals surface area (Å²) in [6, 6.07) is 23.9. The topological polar surface area (TPSA) is 136 Å². The van der Waals surface area contributed by atoms with Gasteiger partial charge in [0.25, 0.3) is 5.91 Å². The number of H-pyrrole nitrogens is 1. The molecule has 4 N–H and O–H groups in total. The summed E-state index contributed by atoms with van der Waals surface area (Å²) in [5.41, 5.74) is 4.33. The maximum atomic E-state index is 13.8. The van der Waals surface area contributed by atoms with Gasteiger partial charge in [0.2, 0.25) is 11.7 Å². The SMILES string of the molecule is C[C@@H](O)CNC(C)(C)CC(=O)N[C@@H]1Sc2ccccc2CN(Cc2ccc(-c3ccccc3-c3nn[nH]n3)cc2)C1=O. The lowest BCUT2D eigenvalue weighted by Crippen LogP contribution is -2.50. The van der Waals surface area contributed by atoms with E-state index in [1.807, 2.05) is 86.6 Å². The zero-order valence-electron chi connectivity index (χ0n) is 23.9. The summed E-state index contributed by atoms with van der Waals surface area (Å²) in [4.78, 5) is 29.7. The van der Waals surface area contributed by atoms with Crippen LogP contribution in [0.2, 0.25) is 0 Å². The Labute approximate surface area is 249 Å². The molecular weight excluding hydrogens is 550 g/mol. The number of amides is 2. The summed E-state index contributed by atoms with van der Waals surface area (Å²) in [5.74, 6) is 0.148. The number of aromatic amines is 1. The minimum absolute atomic E-state index is 0.147. The number of hydrogen-bond acceptors (Lipinski definition) is 8. The first-order valence-electron chi connectivity index (χ1n) is 13.9. The molecule has 2 heterocycles. The summed E-state index contributed by atoms with van der Waals surface area (Å²) >= 11 is 1.37. The molecule has 10 nitrogen and oxygen atoms in total. The van der Waals surface area contributed by atoms with E-state index in [0.717, 1.165) is 32.7 Å². The van der Waals surface area contributed by atoms with E-state index in [1.165, 1.54) is 11.8 Å². The molecule has 0 bridgehead atoms. The highest BCUT2D eigenvalue weighted by Crippen LogP contribution is 2.33. The van der Waals surface area contributed by atoms with E-state index in [1.54, 1.807) is 11.8 Å². The second-order valence-corrected chi connectivity index (χ2v) is 12.3. The largest absolute Gasteiger partial charge is 0.392 e. The number of rotatable bonds is 10. The number of nitrogens with zero attached hydrogens (tertiary/aromatic N) is 4. The van der Waals surface area contributed by atoms with Crippen molar-refractivity contribution in [1.82, 2.24) is 36.2 Å². The molecule has 3 aromatic carbocycles. The van der Waals surface area contributed by atoms with Crippen LogP contribution in [0.5, 0.6) is 0 Å². The molecule has 5 rings (SSSR count). The summed E-state index contributed by atoms with van der Waals surface area (Å²) in [6.07, 6.45) is -0.357. The molecule has 1 aromatic heterocycles. The minimum atomic E-state index is -0.755. The standard InChI is InChI=1S/C31H35N7O3S/c1-20(39)17-32-31(2,3)16-27(40)33-29-30(41)38(19-23-8-4-7-11-26(23)42-29)18-21-12-14-22(15-13-21)24-9-5-6-10-25(24)28-34-36-37-35-28/h4-15,20,29,32,39H,16-19H2,1-3H3,(H,33,40)(H,34,35,36,37)/t20-,29-/m1/s1. The predicted octanol–water partition coefficient (Wildman–Crippen LogP) is 3.75. The monoisotopic (exact) mass is 585 g/mol. The first kappa shape index (κ1) is 29.4. The Hall–Kier alpha value is -4.06. The van der Waals surface area contributed by atoms with E-state index in [-0.39, 0.29) is 18.2 Å². The van der Waals surface area contributed by atoms with Crippen LogP contribution in [0.3, 0.4) is 0 Å². The highest BCUT2D eigenvalue weighted by atomic mass is 32.2. The molecular formula is C31H35N7O3S. The number of nitrogens with one attached hydrogen (secondary N) is 3. The third kappa shape index (κ3) is 7.22. The van der Waals surface area contributed by atoms with Crippen molar-refractivity contribution in [2.75, 3.05) is 6.54 Å². The van der Waals surface area contributed by atoms with Crippen LogP contribution in [0.4, 0.5) is 0 Å². The van der Waals surface area contributed by atoms with Crippen molar-refractivity contribution < 1.29 is 14.7 Å². The quantitative estimate of drug-likeness (QED) is 0.221. The smallest absolute Gasteiger partial charge is 0.256 e. The van der Waals surface area contributed by atoms with Crippen LogP contribution in [-0.2, 0) is 22.7 Å². The average molecular weight is 586 g/mol. The predicted molar refractivity (Wildman–Crippen MR) is 162 cm³/mol. The number of tetrazole rings is 1. The van der Waals surface area contributed by atoms with Gasteiger partial charge in [-0.2, -0.15) is 5.21 Å². The van der Waals surface area contributed by atoms with E-state index in [4.69, 9.17) is 0 Å². The number of benzene rings is 3. The van der Waals surface area contributed by atoms with Crippen LogP contribution < -0.4 is 10.6 Å². The fraction of sp³-hybridized carbons (Fsp3) is 0.323. The van der Waals surface area contributed by atoms with Gasteiger partial charge in [-0.1, -0.05) is 78.5 Å². The Morgan fingerprint density at radius 1 is 1.10 bits per heavy atom. The number of carbonyl (C=O) groups is 2. The van der Waals surface area contributed by atoms with Crippen LogP contribution in [0, 0.1) is 0 Å². The third-order valence-electron chi connectivity index (χ3n) is 7.04. The number of carbonyl (C=O) groups excluding carboxylic acids is 2. The molecule has 0 aliphatic carbocycles. The minimum Gasteiger partial charge on any atom is -0.392 e. The molecule has 0 unspecified atom stereocenters. The second kappa shape index (κ2) is 12.8. The van der Waals surface area contributed by atoms with E-state index >= 15 is 0 Å². The van der Waals surface area contributed by atoms with Gasteiger partial charge in [-0.25, -0.2) is 0 Å². The molecule has 218 valence electrons. The number of aromatic nitrogens is 4. The van der Waals surface area contributed by atoms with Gasteiger partial charge in [-0.15, -0.1) is 10.2 Å². The van der Waals surface area contributed by atoms with Crippen molar-refractivity contribution in [3.8, 4) is 22.5 Å². The van der Waals surface area contributed by atoms with Crippen LogP contribution in [0.1, 0.15) is 38.3 Å².